The molecule has 0 atom stereocenters. The first kappa shape index (κ1) is 20.5. The SMILES string of the molecule is CSc1nc(N2CCOCC2)c2cnn(CCNC(=O)c3ccc(F)cc3F)c2n1. The molecule has 0 bridgehead atoms. The van der Waals surface area contributed by atoms with Crippen LogP contribution in [0.3, 0.4) is 0 Å². The molecule has 11 heteroatoms. The van der Waals surface area contributed by atoms with Gasteiger partial charge in [0.05, 0.1) is 36.9 Å². The fourth-order valence-corrected chi connectivity index (χ4v) is 3.59. The van der Waals surface area contributed by atoms with Gasteiger partial charge in [0.2, 0.25) is 0 Å². The number of morpholine rings is 1. The van der Waals surface area contributed by atoms with Gasteiger partial charge < -0.3 is 15.0 Å². The number of halogens is 2. The van der Waals surface area contributed by atoms with E-state index in [-0.39, 0.29) is 12.1 Å². The molecule has 0 aliphatic carbocycles. The number of fused-ring (bicyclic) bond motifs is 1. The highest BCUT2D eigenvalue weighted by Crippen LogP contribution is 2.27. The minimum Gasteiger partial charge on any atom is -0.378 e. The summed E-state index contributed by atoms with van der Waals surface area (Å²) in [6.07, 6.45) is 3.62. The molecule has 0 radical (unpaired) electrons. The number of carbonyl (C=O) groups excluding carboxylic acids is 1. The maximum atomic E-state index is 13.8. The molecule has 3 heterocycles. The van der Waals surface area contributed by atoms with Crippen molar-refractivity contribution in [3.63, 3.8) is 0 Å². The second kappa shape index (κ2) is 8.92. The van der Waals surface area contributed by atoms with Gasteiger partial charge in [-0.1, -0.05) is 11.8 Å². The third kappa shape index (κ3) is 4.21. The Hall–Kier alpha value is -2.79. The smallest absolute Gasteiger partial charge is 0.254 e. The van der Waals surface area contributed by atoms with E-state index in [0.717, 1.165) is 36.4 Å². The van der Waals surface area contributed by atoms with Crippen LogP contribution in [-0.4, -0.2) is 64.8 Å². The summed E-state index contributed by atoms with van der Waals surface area (Å²) in [4.78, 5) is 23.5. The molecule has 0 spiro atoms. The number of nitrogens with zero attached hydrogens (tertiary/aromatic N) is 5. The number of amides is 1. The molecule has 3 aromatic rings. The average Bonchev–Trinajstić information content (AvgIpc) is 3.16. The molecular formula is C19H20F2N6O2S. The third-order valence-electron chi connectivity index (χ3n) is 4.73. The van der Waals surface area contributed by atoms with Crippen molar-refractivity contribution in [3.8, 4) is 0 Å². The van der Waals surface area contributed by atoms with Gasteiger partial charge in [0.1, 0.15) is 17.5 Å². The van der Waals surface area contributed by atoms with E-state index in [1.54, 1.807) is 10.9 Å². The maximum Gasteiger partial charge on any atom is 0.254 e. The van der Waals surface area contributed by atoms with Crippen LogP contribution in [0.5, 0.6) is 0 Å². The molecule has 0 unspecified atom stereocenters. The predicted octanol–water partition coefficient (Wildman–Crippen LogP) is 2.09. The van der Waals surface area contributed by atoms with Gasteiger partial charge in [0.15, 0.2) is 10.8 Å². The lowest BCUT2D eigenvalue weighted by Crippen LogP contribution is -2.37. The van der Waals surface area contributed by atoms with Crippen LogP contribution in [0.1, 0.15) is 10.4 Å². The highest BCUT2D eigenvalue weighted by molar-refractivity contribution is 7.98. The lowest BCUT2D eigenvalue weighted by molar-refractivity contribution is 0.0948. The number of thioether (sulfide) groups is 1. The molecule has 1 aliphatic rings. The van der Waals surface area contributed by atoms with Crippen LogP contribution < -0.4 is 10.2 Å². The molecule has 30 heavy (non-hydrogen) atoms. The lowest BCUT2D eigenvalue weighted by atomic mass is 10.2. The van der Waals surface area contributed by atoms with Gasteiger partial charge >= 0.3 is 0 Å². The topological polar surface area (TPSA) is 85.2 Å². The number of hydrogen-bond donors (Lipinski definition) is 1. The van der Waals surface area contributed by atoms with Crippen LogP contribution >= 0.6 is 11.8 Å². The second-order valence-corrected chi connectivity index (χ2v) is 7.39. The Bertz CT molecular complexity index is 1070. The van der Waals surface area contributed by atoms with Crippen molar-refractivity contribution in [1.82, 2.24) is 25.1 Å². The molecule has 0 saturated carbocycles. The molecule has 1 N–H and O–H groups in total. The minimum atomic E-state index is -0.899. The molecule has 1 aromatic carbocycles. The van der Waals surface area contributed by atoms with E-state index in [0.29, 0.717) is 36.6 Å². The van der Waals surface area contributed by atoms with E-state index >= 15 is 0 Å². The van der Waals surface area contributed by atoms with E-state index in [1.807, 2.05) is 6.26 Å². The number of hydrogen-bond acceptors (Lipinski definition) is 7. The molecule has 1 fully saturated rings. The van der Waals surface area contributed by atoms with Crippen LogP contribution in [0.25, 0.3) is 11.0 Å². The van der Waals surface area contributed by atoms with Gasteiger partial charge in [0, 0.05) is 25.7 Å². The summed E-state index contributed by atoms with van der Waals surface area (Å²) in [6, 6.07) is 2.85. The van der Waals surface area contributed by atoms with Gasteiger partial charge in [-0.05, 0) is 18.4 Å². The first-order chi connectivity index (χ1) is 14.6. The number of rotatable bonds is 6. The summed E-state index contributed by atoms with van der Waals surface area (Å²) in [5.41, 5.74) is 0.460. The summed E-state index contributed by atoms with van der Waals surface area (Å²) >= 11 is 1.44. The fourth-order valence-electron chi connectivity index (χ4n) is 3.24. The van der Waals surface area contributed by atoms with Crippen molar-refractivity contribution >= 4 is 34.5 Å². The summed E-state index contributed by atoms with van der Waals surface area (Å²) in [6.45, 7) is 3.30. The zero-order valence-electron chi connectivity index (χ0n) is 16.3. The Kier molecular flexibility index (Phi) is 6.09. The molecule has 1 aliphatic heterocycles. The summed E-state index contributed by atoms with van der Waals surface area (Å²) in [7, 11) is 0. The molecule has 1 saturated heterocycles. The Morgan fingerprint density at radius 3 is 2.80 bits per heavy atom. The van der Waals surface area contributed by atoms with Crippen molar-refractivity contribution in [2.24, 2.45) is 0 Å². The van der Waals surface area contributed by atoms with Crippen molar-refractivity contribution in [1.29, 1.82) is 0 Å². The Labute approximate surface area is 175 Å². The maximum absolute atomic E-state index is 13.8. The van der Waals surface area contributed by atoms with Crippen molar-refractivity contribution in [2.45, 2.75) is 11.7 Å². The Morgan fingerprint density at radius 1 is 1.27 bits per heavy atom. The third-order valence-corrected chi connectivity index (χ3v) is 5.28. The van der Waals surface area contributed by atoms with Crippen LogP contribution in [0.2, 0.25) is 0 Å². The number of carbonyl (C=O) groups is 1. The first-order valence-electron chi connectivity index (χ1n) is 9.40. The highest BCUT2D eigenvalue weighted by atomic mass is 32.2. The largest absolute Gasteiger partial charge is 0.378 e. The van der Waals surface area contributed by atoms with E-state index in [9.17, 15) is 13.6 Å². The highest BCUT2D eigenvalue weighted by Gasteiger charge is 2.20. The second-order valence-electron chi connectivity index (χ2n) is 6.62. The molecular weight excluding hydrogens is 414 g/mol. The van der Waals surface area contributed by atoms with Gasteiger partial charge in [-0.25, -0.2) is 23.4 Å². The zero-order valence-corrected chi connectivity index (χ0v) is 17.1. The van der Waals surface area contributed by atoms with Gasteiger partial charge in [-0.3, -0.25) is 4.79 Å². The van der Waals surface area contributed by atoms with Gasteiger partial charge in [-0.15, -0.1) is 0 Å². The number of anilines is 1. The van der Waals surface area contributed by atoms with Crippen LogP contribution in [0, 0.1) is 11.6 Å². The monoisotopic (exact) mass is 434 g/mol. The number of nitrogens with one attached hydrogen (secondary N) is 1. The Morgan fingerprint density at radius 2 is 2.07 bits per heavy atom. The fraction of sp³-hybridized carbons (Fsp3) is 0.368. The van der Waals surface area contributed by atoms with Crippen LogP contribution in [0.15, 0.2) is 29.6 Å². The molecule has 158 valence electrons. The lowest BCUT2D eigenvalue weighted by Gasteiger charge is -2.28. The van der Waals surface area contributed by atoms with Crippen molar-refractivity contribution in [2.75, 3.05) is 44.0 Å². The summed E-state index contributed by atoms with van der Waals surface area (Å²) in [5.74, 6) is -1.43. The van der Waals surface area contributed by atoms with E-state index in [1.165, 1.54) is 11.8 Å². The van der Waals surface area contributed by atoms with Crippen molar-refractivity contribution in [3.05, 3.63) is 41.6 Å². The average molecular weight is 434 g/mol. The van der Waals surface area contributed by atoms with Gasteiger partial charge in [0.25, 0.3) is 5.91 Å². The van der Waals surface area contributed by atoms with E-state index in [2.05, 4.69) is 25.3 Å². The number of aromatic nitrogens is 4. The van der Waals surface area contributed by atoms with E-state index in [4.69, 9.17) is 4.74 Å². The zero-order chi connectivity index (χ0) is 21.1. The minimum absolute atomic E-state index is 0.205. The van der Waals surface area contributed by atoms with E-state index < -0.39 is 17.5 Å². The van der Waals surface area contributed by atoms with Gasteiger partial charge in [-0.2, -0.15) is 5.10 Å². The first-order valence-corrected chi connectivity index (χ1v) is 10.6. The number of ether oxygens (including phenoxy) is 1. The predicted molar refractivity (Wildman–Crippen MR) is 109 cm³/mol. The normalized spacial score (nSPS) is 14.3. The molecule has 4 rings (SSSR count). The number of benzene rings is 1. The van der Waals surface area contributed by atoms with Crippen LogP contribution in [0.4, 0.5) is 14.6 Å². The Balaban J connectivity index is 1.51. The molecule has 1 amide bonds. The van der Waals surface area contributed by atoms with Crippen molar-refractivity contribution < 1.29 is 18.3 Å². The summed E-state index contributed by atoms with van der Waals surface area (Å²) in [5, 5.41) is 8.48. The standard InChI is InChI=1S/C19H20F2N6O2S/c1-30-19-24-16(26-6-8-29-9-7-26)14-11-23-27(17(14)25-19)5-4-22-18(28)13-3-2-12(20)10-15(13)21/h2-3,10-11H,4-9H2,1H3,(H,22,28). The molecule has 8 nitrogen and oxygen atoms in total. The quantitative estimate of drug-likeness (QED) is 0.470. The van der Waals surface area contributed by atoms with Crippen LogP contribution in [-0.2, 0) is 11.3 Å². The molecule has 2 aromatic heterocycles. The summed E-state index contributed by atoms with van der Waals surface area (Å²) < 4.78 is 33.9.